The van der Waals surface area contributed by atoms with Gasteiger partial charge in [0.2, 0.25) is 0 Å². The van der Waals surface area contributed by atoms with Gasteiger partial charge in [-0.05, 0) is 31.5 Å². The molecule has 0 radical (unpaired) electrons. The number of nitrogens with one attached hydrogen (secondary N) is 1. The molecule has 1 aromatic carbocycles. The maximum absolute atomic E-state index is 11.0. The third-order valence-corrected chi connectivity index (χ3v) is 3.86. The van der Waals surface area contributed by atoms with Gasteiger partial charge in [0.25, 0.3) is 0 Å². The highest BCUT2D eigenvalue weighted by Crippen LogP contribution is 2.28. The molecule has 5 heteroatoms. The molecule has 4 nitrogen and oxygen atoms in total. The first-order chi connectivity index (χ1) is 9.08. The second-order valence-corrected chi connectivity index (χ2v) is 6.19. The monoisotopic (exact) mass is 277 g/mol. The fourth-order valence-electron chi connectivity index (χ4n) is 2.02. The van der Waals surface area contributed by atoms with Crippen LogP contribution in [0, 0.1) is 6.92 Å². The van der Waals surface area contributed by atoms with Crippen LogP contribution in [0.5, 0.6) is 0 Å². The highest BCUT2D eigenvalue weighted by Gasteiger charge is 2.05. The van der Waals surface area contributed by atoms with E-state index in [4.69, 9.17) is 5.73 Å². The van der Waals surface area contributed by atoms with E-state index in [0.717, 1.165) is 46.6 Å². The molecule has 1 atom stereocenters. The van der Waals surface area contributed by atoms with Crippen LogP contribution in [0.3, 0.4) is 0 Å². The van der Waals surface area contributed by atoms with Crippen molar-refractivity contribution < 1.29 is 4.21 Å². The number of nitrogens with two attached hydrogens (primary N) is 1. The maximum atomic E-state index is 11.0. The lowest BCUT2D eigenvalue weighted by molar-refractivity contribution is 0.685. The van der Waals surface area contributed by atoms with Crippen LogP contribution in [0.2, 0.25) is 0 Å². The molecule has 102 valence electrons. The Labute approximate surface area is 115 Å². The minimum atomic E-state index is -0.728. The summed E-state index contributed by atoms with van der Waals surface area (Å²) in [5, 5.41) is 5.44. The molecule has 0 aliphatic heterocycles. The van der Waals surface area contributed by atoms with Gasteiger partial charge < -0.3 is 11.1 Å². The maximum Gasteiger partial charge on any atom is 0.0422 e. The van der Waals surface area contributed by atoms with Crippen molar-refractivity contribution in [3.63, 3.8) is 0 Å². The number of hydrogen-bond acceptors (Lipinski definition) is 4. The van der Waals surface area contributed by atoms with Gasteiger partial charge in [-0.2, -0.15) is 0 Å². The zero-order valence-electron chi connectivity index (χ0n) is 11.3. The van der Waals surface area contributed by atoms with Gasteiger partial charge in [0.1, 0.15) is 0 Å². The zero-order valence-corrected chi connectivity index (χ0v) is 12.1. The van der Waals surface area contributed by atoms with E-state index >= 15 is 0 Å². The Bertz CT molecular complexity index is 613. The van der Waals surface area contributed by atoms with Gasteiger partial charge in [-0.15, -0.1) is 0 Å². The minimum Gasteiger partial charge on any atom is -0.398 e. The molecule has 1 heterocycles. The van der Waals surface area contributed by atoms with Gasteiger partial charge in [0, 0.05) is 63.4 Å². The Morgan fingerprint density at radius 3 is 2.89 bits per heavy atom. The van der Waals surface area contributed by atoms with Crippen LogP contribution >= 0.6 is 0 Å². The van der Waals surface area contributed by atoms with E-state index in [0.29, 0.717) is 0 Å². The van der Waals surface area contributed by atoms with Gasteiger partial charge in [-0.1, -0.05) is 0 Å². The molecule has 0 aliphatic rings. The van der Waals surface area contributed by atoms with Gasteiger partial charge in [-0.25, -0.2) is 0 Å². The Morgan fingerprint density at radius 1 is 1.37 bits per heavy atom. The molecule has 0 aliphatic carbocycles. The number of pyridine rings is 1. The Hall–Kier alpha value is -1.62. The number of aryl methyl sites for hydroxylation is 1. The van der Waals surface area contributed by atoms with Gasteiger partial charge in [0.15, 0.2) is 0 Å². The number of anilines is 2. The molecule has 0 spiro atoms. The van der Waals surface area contributed by atoms with Crippen molar-refractivity contribution >= 4 is 32.9 Å². The topological polar surface area (TPSA) is 68.0 Å². The van der Waals surface area contributed by atoms with E-state index in [1.54, 1.807) is 6.26 Å². The number of rotatable bonds is 5. The average Bonchev–Trinajstić information content (AvgIpc) is 2.36. The fourth-order valence-corrected chi connectivity index (χ4v) is 2.57. The van der Waals surface area contributed by atoms with Crippen molar-refractivity contribution in [2.45, 2.75) is 13.3 Å². The highest BCUT2D eigenvalue weighted by molar-refractivity contribution is 7.84. The van der Waals surface area contributed by atoms with Crippen molar-refractivity contribution in [2.24, 2.45) is 0 Å². The first-order valence-corrected chi connectivity index (χ1v) is 7.99. The molecule has 1 unspecified atom stereocenters. The largest absolute Gasteiger partial charge is 0.398 e. The second kappa shape index (κ2) is 6.02. The van der Waals surface area contributed by atoms with Crippen molar-refractivity contribution in [3.05, 3.63) is 30.1 Å². The fraction of sp³-hybridized carbons (Fsp3) is 0.357. The van der Waals surface area contributed by atoms with Crippen LogP contribution in [0.25, 0.3) is 10.8 Å². The molecule has 0 amide bonds. The SMILES string of the molecule is Cc1cc2c(NCCCS(C)=O)ccc(N)c2cn1. The van der Waals surface area contributed by atoms with Gasteiger partial charge in [-0.3, -0.25) is 9.19 Å². The number of benzene rings is 1. The number of aromatic nitrogens is 1. The van der Waals surface area contributed by atoms with Gasteiger partial charge in [0.05, 0.1) is 0 Å². The summed E-state index contributed by atoms with van der Waals surface area (Å²) in [5.74, 6) is 0.723. The molecule has 0 fully saturated rings. The smallest absolute Gasteiger partial charge is 0.0422 e. The van der Waals surface area contributed by atoms with E-state index < -0.39 is 10.8 Å². The van der Waals surface area contributed by atoms with Crippen LogP contribution in [0.1, 0.15) is 12.1 Å². The predicted octanol–water partition coefficient (Wildman–Crippen LogP) is 2.31. The molecule has 0 saturated carbocycles. The lowest BCUT2D eigenvalue weighted by Crippen LogP contribution is -2.06. The molecule has 0 bridgehead atoms. The third kappa shape index (κ3) is 3.44. The standard InChI is InChI=1S/C14H19N3OS/c1-10-8-11-12(9-17-10)13(15)4-5-14(11)16-6-3-7-19(2)18/h4-5,8-9,16H,3,6-7,15H2,1-2H3. The normalized spacial score (nSPS) is 12.5. The van der Waals surface area contributed by atoms with Crippen molar-refractivity contribution in [1.82, 2.24) is 4.98 Å². The van der Waals surface area contributed by atoms with Crippen LogP contribution in [-0.2, 0) is 10.8 Å². The summed E-state index contributed by atoms with van der Waals surface area (Å²) in [4.78, 5) is 4.28. The third-order valence-electron chi connectivity index (χ3n) is 3.00. The van der Waals surface area contributed by atoms with Crippen LogP contribution < -0.4 is 11.1 Å². The van der Waals surface area contributed by atoms with E-state index in [1.165, 1.54) is 0 Å². The highest BCUT2D eigenvalue weighted by atomic mass is 32.2. The Morgan fingerprint density at radius 2 is 2.16 bits per heavy atom. The lowest BCUT2D eigenvalue weighted by Gasteiger charge is -2.11. The quantitative estimate of drug-likeness (QED) is 0.650. The first-order valence-electron chi connectivity index (χ1n) is 6.26. The van der Waals surface area contributed by atoms with Crippen LogP contribution in [0.4, 0.5) is 11.4 Å². The molecular formula is C14H19N3OS. The summed E-state index contributed by atoms with van der Waals surface area (Å²) < 4.78 is 11.0. The van der Waals surface area contributed by atoms with E-state index in [-0.39, 0.29) is 0 Å². The summed E-state index contributed by atoms with van der Waals surface area (Å²) in [6.45, 7) is 2.77. The predicted molar refractivity (Wildman–Crippen MR) is 82.9 cm³/mol. The van der Waals surface area contributed by atoms with E-state index in [1.807, 2.05) is 31.3 Å². The summed E-state index contributed by atoms with van der Waals surface area (Å²) in [6, 6.07) is 5.91. The minimum absolute atomic E-state index is 0.723. The lowest BCUT2D eigenvalue weighted by atomic mass is 10.1. The van der Waals surface area contributed by atoms with E-state index in [9.17, 15) is 4.21 Å². The number of nitrogen functional groups attached to an aromatic ring is 1. The van der Waals surface area contributed by atoms with Crippen molar-refractivity contribution in [1.29, 1.82) is 0 Å². The average molecular weight is 277 g/mol. The molecule has 19 heavy (non-hydrogen) atoms. The molecule has 3 N–H and O–H groups in total. The van der Waals surface area contributed by atoms with Crippen LogP contribution in [-0.4, -0.2) is 27.7 Å². The zero-order chi connectivity index (χ0) is 13.8. The van der Waals surface area contributed by atoms with E-state index in [2.05, 4.69) is 10.3 Å². The molecular weight excluding hydrogens is 258 g/mol. The molecule has 0 saturated heterocycles. The Kier molecular flexibility index (Phi) is 4.37. The molecule has 2 rings (SSSR count). The van der Waals surface area contributed by atoms with Crippen LogP contribution in [0.15, 0.2) is 24.4 Å². The summed E-state index contributed by atoms with van der Waals surface area (Å²) in [7, 11) is -0.728. The first kappa shape index (κ1) is 13.8. The molecule has 1 aromatic heterocycles. The summed E-state index contributed by atoms with van der Waals surface area (Å²) in [5.41, 5.74) is 8.72. The summed E-state index contributed by atoms with van der Waals surface area (Å²) >= 11 is 0. The Balaban J connectivity index is 2.21. The second-order valence-electron chi connectivity index (χ2n) is 4.63. The van der Waals surface area contributed by atoms with Crippen molar-refractivity contribution in [2.75, 3.05) is 29.6 Å². The molecule has 2 aromatic rings. The van der Waals surface area contributed by atoms with Crippen molar-refractivity contribution in [3.8, 4) is 0 Å². The number of hydrogen-bond donors (Lipinski definition) is 2. The number of fused-ring (bicyclic) bond motifs is 1. The number of nitrogens with zero attached hydrogens (tertiary/aromatic N) is 1. The van der Waals surface area contributed by atoms with Gasteiger partial charge >= 0.3 is 0 Å². The summed E-state index contributed by atoms with van der Waals surface area (Å²) in [6.07, 6.45) is 4.43.